The fraction of sp³-hybridized carbons (Fsp3) is 0.915. The molecule has 0 spiro atoms. The fourth-order valence-corrected chi connectivity index (χ4v) is 8.85. The van der Waals surface area contributed by atoms with Gasteiger partial charge in [-0.1, -0.05) is 277 Å². The average molecular weight is 918 g/mol. The third-order valence-electron chi connectivity index (χ3n) is 13.3. The maximum atomic E-state index is 12.6. The van der Waals surface area contributed by atoms with Gasteiger partial charge < -0.3 is 14.2 Å². The minimum absolute atomic E-state index is 0.0649. The van der Waals surface area contributed by atoms with Gasteiger partial charge in [-0.2, -0.15) is 0 Å². The largest absolute Gasteiger partial charge is 0.462 e. The molecule has 1 atom stereocenters. The second-order valence-electron chi connectivity index (χ2n) is 19.9. The summed E-state index contributed by atoms with van der Waals surface area (Å²) < 4.78 is 16.7. The highest BCUT2D eigenvalue weighted by atomic mass is 16.6. The zero-order valence-electron chi connectivity index (χ0n) is 44.0. The molecule has 1 unspecified atom stereocenters. The van der Waals surface area contributed by atoms with E-state index in [2.05, 4.69) is 32.9 Å². The van der Waals surface area contributed by atoms with Gasteiger partial charge in [0.05, 0.1) is 0 Å². The van der Waals surface area contributed by atoms with Crippen molar-refractivity contribution in [3.05, 3.63) is 12.2 Å². The van der Waals surface area contributed by atoms with Crippen LogP contribution in [0.15, 0.2) is 12.2 Å². The molecule has 0 aliphatic heterocycles. The summed E-state index contributed by atoms with van der Waals surface area (Å²) >= 11 is 0. The summed E-state index contributed by atoms with van der Waals surface area (Å²) in [5.74, 6) is -0.863. The minimum Gasteiger partial charge on any atom is -0.462 e. The number of hydrogen-bond donors (Lipinski definition) is 0. The molecule has 0 aromatic heterocycles. The second-order valence-corrected chi connectivity index (χ2v) is 19.9. The van der Waals surface area contributed by atoms with Crippen LogP contribution in [0.5, 0.6) is 0 Å². The summed E-state index contributed by atoms with van der Waals surface area (Å²) in [6.45, 7) is 6.59. The number of allylic oxidation sites excluding steroid dienone is 2. The molecule has 0 fully saturated rings. The van der Waals surface area contributed by atoms with Crippen LogP contribution in [-0.2, 0) is 28.6 Å². The zero-order chi connectivity index (χ0) is 47.2. The lowest BCUT2D eigenvalue weighted by molar-refractivity contribution is -0.167. The Kier molecular flexibility index (Phi) is 53.2. The van der Waals surface area contributed by atoms with Gasteiger partial charge in [-0.15, -0.1) is 0 Å². The molecule has 65 heavy (non-hydrogen) atoms. The van der Waals surface area contributed by atoms with Crippen LogP contribution in [0.4, 0.5) is 0 Å². The van der Waals surface area contributed by atoms with Crippen molar-refractivity contribution in [2.75, 3.05) is 13.2 Å². The number of carbonyl (C=O) groups excluding carboxylic acids is 3. The predicted molar refractivity (Wildman–Crippen MR) is 280 cm³/mol. The van der Waals surface area contributed by atoms with E-state index in [4.69, 9.17) is 14.2 Å². The maximum Gasteiger partial charge on any atom is 0.306 e. The quantitative estimate of drug-likeness (QED) is 0.0262. The Morgan fingerprint density at radius 3 is 0.769 bits per heavy atom. The van der Waals surface area contributed by atoms with Gasteiger partial charge >= 0.3 is 17.9 Å². The van der Waals surface area contributed by atoms with Crippen molar-refractivity contribution in [2.24, 2.45) is 0 Å². The maximum absolute atomic E-state index is 12.6. The van der Waals surface area contributed by atoms with Crippen molar-refractivity contribution >= 4 is 17.9 Å². The molecule has 0 rings (SSSR count). The van der Waals surface area contributed by atoms with Crippen LogP contribution in [0.3, 0.4) is 0 Å². The van der Waals surface area contributed by atoms with E-state index in [1.54, 1.807) is 0 Å². The molecule has 0 N–H and O–H groups in total. The molecule has 0 heterocycles. The van der Waals surface area contributed by atoms with E-state index in [-0.39, 0.29) is 31.1 Å². The van der Waals surface area contributed by atoms with E-state index >= 15 is 0 Å². The number of esters is 3. The van der Waals surface area contributed by atoms with Crippen LogP contribution in [0.2, 0.25) is 0 Å². The summed E-state index contributed by atoms with van der Waals surface area (Å²) in [5.41, 5.74) is 0. The Hall–Kier alpha value is -1.85. The molecule has 384 valence electrons. The van der Waals surface area contributed by atoms with E-state index in [1.165, 1.54) is 231 Å². The third kappa shape index (κ3) is 53.0. The summed E-state index contributed by atoms with van der Waals surface area (Å²) in [6.07, 6.45) is 62.9. The lowest BCUT2D eigenvalue weighted by Gasteiger charge is -2.18. The molecule has 0 aromatic carbocycles. The molecular weight excluding hydrogens is 805 g/mol. The Balaban J connectivity index is 3.78. The first-order chi connectivity index (χ1) is 32.0. The first kappa shape index (κ1) is 63.1. The zero-order valence-corrected chi connectivity index (χ0v) is 44.0. The normalized spacial score (nSPS) is 12.0. The Morgan fingerprint density at radius 2 is 0.508 bits per heavy atom. The van der Waals surface area contributed by atoms with Crippen molar-refractivity contribution in [3.8, 4) is 0 Å². The molecule has 0 saturated carbocycles. The standard InChI is InChI=1S/C59H112O6/c1-4-7-10-13-16-17-18-19-20-21-22-23-24-25-26-27-28-29-30-31-32-33-34-35-36-37-38-39-40-41-44-46-49-52-58(61)64-55-56(65-59(62)53-50-47-43-15-12-9-6-3)54-63-57(60)51-48-45-42-14-11-8-5-2/h21-22,56H,4-20,23-55H2,1-3H3/b22-21-. The van der Waals surface area contributed by atoms with Crippen LogP contribution < -0.4 is 0 Å². The molecule has 0 bridgehead atoms. The summed E-state index contributed by atoms with van der Waals surface area (Å²) in [4.78, 5) is 37.6. The summed E-state index contributed by atoms with van der Waals surface area (Å²) in [6, 6.07) is 0. The fourth-order valence-electron chi connectivity index (χ4n) is 8.85. The van der Waals surface area contributed by atoms with Gasteiger partial charge in [0.15, 0.2) is 6.10 Å². The lowest BCUT2D eigenvalue weighted by Crippen LogP contribution is -2.30. The van der Waals surface area contributed by atoms with Crippen molar-refractivity contribution in [3.63, 3.8) is 0 Å². The third-order valence-corrected chi connectivity index (χ3v) is 13.3. The van der Waals surface area contributed by atoms with Crippen molar-refractivity contribution < 1.29 is 28.6 Å². The Bertz CT molecular complexity index is 1010. The number of ether oxygens (including phenoxy) is 3. The molecule has 0 aromatic rings. The van der Waals surface area contributed by atoms with Crippen molar-refractivity contribution in [1.29, 1.82) is 0 Å². The lowest BCUT2D eigenvalue weighted by atomic mass is 10.0. The van der Waals surface area contributed by atoms with Gasteiger partial charge in [0, 0.05) is 19.3 Å². The number of hydrogen-bond acceptors (Lipinski definition) is 6. The van der Waals surface area contributed by atoms with Gasteiger partial charge in [0.2, 0.25) is 0 Å². The topological polar surface area (TPSA) is 78.9 Å². The molecule has 0 aliphatic rings. The highest BCUT2D eigenvalue weighted by Crippen LogP contribution is 2.17. The van der Waals surface area contributed by atoms with Crippen molar-refractivity contribution in [1.82, 2.24) is 0 Å². The van der Waals surface area contributed by atoms with Gasteiger partial charge in [-0.05, 0) is 44.9 Å². The van der Waals surface area contributed by atoms with Crippen molar-refractivity contribution in [2.45, 2.75) is 335 Å². The molecule has 0 radical (unpaired) electrons. The highest BCUT2D eigenvalue weighted by Gasteiger charge is 2.19. The van der Waals surface area contributed by atoms with E-state index in [0.29, 0.717) is 19.3 Å². The smallest absolute Gasteiger partial charge is 0.306 e. The van der Waals surface area contributed by atoms with Crippen LogP contribution >= 0.6 is 0 Å². The van der Waals surface area contributed by atoms with E-state index < -0.39 is 6.10 Å². The van der Waals surface area contributed by atoms with Gasteiger partial charge in [0.25, 0.3) is 0 Å². The number of unbranched alkanes of at least 4 members (excludes halogenated alkanes) is 41. The van der Waals surface area contributed by atoms with Gasteiger partial charge in [0.1, 0.15) is 13.2 Å². The molecular formula is C59H112O6. The molecule has 0 saturated heterocycles. The summed E-state index contributed by atoms with van der Waals surface area (Å²) in [7, 11) is 0. The molecule has 0 amide bonds. The van der Waals surface area contributed by atoms with Gasteiger partial charge in [-0.25, -0.2) is 0 Å². The average Bonchev–Trinajstić information content (AvgIpc) is 3.30. The van der Waals surface area contributed by atoms with Gasteiger partial charge in [-0.3, -0.25) is 14.4 Å². The SMILES string of the molecule is CCCCCCCCCC/C=C\CCCCCCCCCCCCCCCCCCCCCCCC(=O)OCC(COC(=O)CCCCCCCCC)OC(=O)CCCCCCCCC. The predicted octanol–water partition coefficient (Wildman–Crippen LogP) is 19.3. The van der Waals surface area contributed by atoms with E-state index in [0.717, 1.165) is 57.8 Å². The molecule has 6 heteroatoms. The summed E-state index contributed by atoms with van der Waals surface area (Å²) in [5, 5.41) is 0. The van der Waals surface area contributed by atoms with E-state index in [1.807, 2.05) is 0 Å². The monoisotopic (exact) mass is 917 g/mol. The number of rotatable bonds is 54. The Morgan fingerprint density at radius 1 is 0.292 bits per heavy atom. The molecule has 6 nitrogen and oxygen atoms in total. The minimum atomic E-state index is -0.759. The van der Waals surface area contributed by atoms with E-state index in [9.17, 15) is 14.4 Å². The van der Waals surface area contributed by atoms with Crippen LogP contribution in [-0.4, -0.2) is 37.2 Å². The first-order valence-corrected chi connectivity index (χ1v) is 29.2. The van der Waals surface area contributed by atoms with Crippen LogP contribution in [0, 0.1) is 0 Å². The Labute approximate surface area is 405 Å². The highest BCUT2D eigenvalue weighted by molar-refractivity contribution is 5.71. The van der Waals surface area contributed by atoms with Crippen LogP contribution in [0.1, 0.15) is 329 Å². The second kappa shape index (κ2) is 54.8. The van der Waals surface area contributed by atoms with Crippen LogP contribution in [0.25, 0.3) is 0 Å². The molecule has 0 aliphatic carbocycles. The first-order valence-electron chi connectivity index (χ1n) is 29.2. The number of carbonyl (C=O) groups is 3.